The summed E-state index contributed by atoms with van der Waals surface area (Å²) in [6.07, 6.45) is 4.78. The van der Waals surface area contributed by atoms with E-state index in [0.717, 1.165) is 19.3 Å². The van der Waals surface area contributed by atoms with Crippen LogP contribution in [0.4, 0.5) is 4.79 Å². The summed E-state index contributed by atoms with van der Waals surface area (Å²) >= 11 is 2.02. The minimum atomic E-state index is -1.10. The van der Waals surface area contributed by atoms with Gasteiger partial charge in [0.25, 0.3) is 0 Å². The summed E-state index contributed by atoms with van der Waals surface area (Å²) < 4.78 is 19.3. The van der Waals surface area contributed by atoms with Crippen molar-refractivity contribution in [2.45, 2.75) is 44.6 Å². The minimum Gasteiger partial charge on any atom is -0.465 e. The second-order valence-electron chi connectivity index (χ2n) is 6.02. The molecule has 9 nitrogen and oxygen atoms in total. The van der Waals surface area contributed by atoms with Crippen molar-refractivity contribution in [3.8, 4) is 0 Å². The average molecular weight is 476 g/mol. The number of nitrogens with zero attached hydrogens (tertiary/aromatic N) is 3. The summed E-state index contributed by atoms with van der Waals surface area (Å²) in [5, 5.41) is 15.4. The van der Waals surface area contributed by atoms with E-state index in [0.29, 0.717) is 21.9 Å². The van der Waals surface area contributed by atoms with E-state index in [4.69, 9.17) is 19.1 Å². The summed E-state index contributed by atoms with van der Waals surface area (Å²) in [4.78, 5) is 15.4. The van der Waals surface area contributed by atoms with Crippen LogP contribution in [-0.2, 0) is 9.47 Å². The third-order valence-electron chi connectivity index (χ3n) is 4.18. The Hall–Kier alpha value is -1.66. The molecule has 3 atom stereocenters. The maximum Gasteiger partial charge on any atom is 0.404 e. The van der Waals surface area contributed by atoms with Crippen molar-refractivity contribution in [1.82, 2.24) is 20.0 Å². The molecule has 1 aliphatic rings. The van der Waals surface area contributed by atoms with Gasteiger partial charge in [-0.15, -0.1) is 0 Å². The number of hydrogen-bond acceptors (Lipinski definition) is 6. The zero-order chi connectivity index (χ0) is 18.5. The van der Waals surface area contributed by atoms with Gasteiger partial charge in [-0.2, -0.15) is 0 Å². The van der Waals surface area contributed by atoms with E-state index in [2.05, 4.69) is 15.5 Å². The monoisotopic (exact) mass is 476 g/mol. The number of hydrogen-bond donors (Lipinski definition) is 2. The van der Waals surface area contributed by atoms with Crippen molar-refractivity contribution in [3.63, 3.8) is 0 Å². The normalized spacial score (nSPS) is 19.8. The second kappa shape index (κ2) is 8.82. The fraction of sp³-hybridized carbons (Fsp3) is 0.562. The number of imidazole rings is 1. The van der Waals surface area contributed by atoms with Gasteiger partial charge in [-0.1, -0.05) is 5.16 Å². The first-order valence-corrected chi connectivity index (χ1v) is 9.51. The molecule has 2 aromatic rings. The SMILES string of the molecule is C[C@H](OC1CCCCO1)c1nccn1[C@H](CNC(=O)O)c1cc(I)on1. The zero-order valence-corrected chi connectivity index (χ0v) is 16.5. The van der Waals surface area contributed by atoms with Gasteiger partial charge < -0.3 is 29.0 Å². The molecule has 0 saturated carbocycles. The predicted octanol–water partition coefficient (Wildman–Crippen LogP) is 2.94. The third-order valence-corrected chi connectivity index (χ3v) is 4.69. The van der Waals surface area contributed by atoms with Crippen LogP contribution in [0.3, 0.4) is 0 Å². The van der Waals surface area contributed by atoms with Gasteiger partial charge in [0.05, 0.1) is 6.04 Å². The van der Waals surface area contributed by atoms with E-state index >= 15 is 0 Å². The molecule has 1 amide bonds. The Morgan fingerprint density at radius 3 is 3.08 bits per heavy atom. The molecule has 3 rings (SSSR count). The van der Waals surface area contributed by atoms with Gasteiger partial charge in [0.15, 0.2) is 10.1 Å². The van der Waals surface area contributed by atoms with Gasteiger partial charge in [-0.25, -0.2) is 9.78 Å². The van der Waals surface area contributed by atoms with Crippen LogP contribution >= 0.6 is 22.6 Å². The molecule has 1 saturated heterocycles. The summed E-state index contributed by atoms with van der Waals surface area (Å²) in [5.41, 5.74) is 0.614. The molecule has 3 heterocycles. The van der Waals surface area contributed by atoms with E-state index in [-0.39, 0.29) is 18.9 Å². The number of amides is 1. The molecule has 0 radical (unpaired) electrons. The highest BCUT2D eigenvalue weighted by Gasteiger charge is 2.26. The van der Waals surface area contributed by atoms with Crippen LogP contribution in [0.25, 0.3) is 0 Å². The van der Waals surface area contributed by atoms with Crippen LogP contribution in [0.1, 0.15) is 49.9 Å². The topological polar surface area (TPSA) is 112 Å². The van der Waals surface area contributed by atoms with Crippen molar-refractivity contribution < 1.29 is 23.9 Å². The molecule has 2 aromatic heterocycles. The van der Waals surface area contributed by atoms with E-state index < -0.39 is 12.1 Å². The molecule has 1 aliphatic heterocycles. The Morgan fingerprint density at radius 2 is 2.42 bits per heavy atom. The quantitative estimate of drug-likeness (QED) is 0.592. The van der Waals surface area contributed by atoms with Gasteiger partial charge in [-0.3, -0.25) is 0 Å². The first kappa shape index (κ1) is 19.1. The molecule has 0 bridgehead atoms. The van der Waals surface area contributed by atoms with Gasteiger partial charge >= 0.3 is 6.09 Å². The van der Waals surface area contributed by atoms with E-state index in [9.17, 15) is 4.79 Å². The largest absolute Gasteiger partial charge is 0.465 e. The van der Waals surface area contributed by atoms with Gasteiger partial charge in [0.1, 0.15) is 17.6 Å². The fourth-order valence-electron chi connectivity index (χ4n) is 2.96. The Balaban J connectivity index is 1.80. The second-order valence-corrected chi connectivity index (χ2v) is 7.09. The lowest BCUT2D eigenvalue weighted by Gasteiger charge is -2.27. The number of carboxylic acid groups (broad SMARTS) is 1. The van der Waals surface area contributed by atoms with Crippen LogP contribution in [0.5, 0.6) is 0 Å². The Morgan fingerprint density at radius 1 is 1.58 bits per heavy atom. The van der Waals surface area contributed by atoms with E-state index in [1.54, 1.807) is 18.5 Å². The van der Waals surface area contributed by atoms with Gasteiger partial charge in [-0.05, 0) is 26.2 Å². The lowest BCUT2D eigenvalue weighted by Crippen LogP contribution is -2.31. The van der Waals surface area contributed by atoms with Crippen molar-refractivity contribution in [2.24, 2.45) is 0 Å². The van der Waals surface area contributed by atoms with Gasteiger partial charge in [0, 0.05) is 54.2 Å². The number of nitrogens with one attached hydrogen (secondary N) is 1. The van der Waals surface area contributed by atoms with Crippen molar-refractivity contribution >= 4 is 28.7 Å². The Kier molecular flexibility index (Phi) is 6.48. The molecule has 0 aromatic carbocycles. The molecule has 26 heavy (non-hydrogen) atoms. The molecule has 0 aliphatic carbocycles. The maximum absolute atomic E-state index is 11.0. The average Bonchev–Trinajstić information content (AvgIpc) is 3.25. The third kappa shape index (κ3) is 4.74. The van der Waals surface area contributed by atoms with E-state index in [1.165, 1.54) is 0 Å². The molecular formula is C16H21IN4O5. The molecule has 0 spiro atoms. The predicted molar refractivity (Wildman–Crippen MR) is 98.7 cm³/mol. The summed E-state index contributed by atoms with van der Waals surface area (Å²) in [6.45, 7) is 2.74. The molecule has 1 unspecified atom stereocenters. The van der Waals surface area contributed by atoms with Crippen molar-refractivity contribution in [2.75, 3.05) is 13.2 Å². The zero-order valence-electron chi connectivity index (χ0n) is 14.3. The molecule has 142 valence electrons. The smallest absolute Gasteiger partial charge is 0.404 e. The summed E-state index contributed by atoms with van der Waals surface area (Å²) in [7, 11) is 0. The fourth-order valence-corrected chi connectivity index (χ4v) is 3.38. The lowest BCUT2D eigenvalue weighted by atomic mass is 10.2. The van der Waals surface area contributed by atoms with Crippen LogP contribution in [-0.4, -0.2) is 45.3 Å². The Labute approximate surface area is 164 Å². The Bertz CT molecular complexity index is 728. The highest BCUT2D eigenvalue weighted by Crippen LogP contribution is 2.27. The van der Waals surface area contributed by atoms with Crippen LogP contribution in [0.15, 0.2) is 23.0 Å². The van der Waals surface area contributed by atoms with E-state index in [1.807, 2.05) is 34.1 Å². The standard InChI is InChI=1S/C16H21IN4O5/c1-10(25-14-4-2-3-7-24-14)15-18-5-6-21(15)12(9-19-16(22)23)11-8-13(17)26-20-11/h5-6,8,10,12,14,19H,2-4,7,9H2,1H3,(H,22,23)/t10-,12+,14?/m0/s1. The first-order valence-electron chi connectivity index (χ1n) is 8.43. The van der Waals surface area contributed by atoms with Crippen molar-refractivity contribution in [1.29, 1.82) is 0 Å². The number of aromatic nitrogens is 3. The number of halogens is 1. The highest BCUT2D eigenvalue weighted by molar-refractivity contribution is 14.1. The van der Waals surface area contributed by atoms with Crippen LogP contribution in [0, 0.1) is 3.77 Å². The summed E-state index contributed by atoms with van der Waals surface area (Å²) in [5.74, 6) is 0.675. The molecule has 10 heteroatoms. The first-order chi connectivity index (χ1) is 12.5. The van der Waals surface area contributed by atoms with Gasteiger partial charge in [0.2, 0.25) is 0 Å². The maximum atomic E-state index is 11.0. The van der Waals surface area contributed by atoms with Crippen LogP contribution in [0.2, 0.25) is 0 Å². The van der Waals surface area contributed by atoms with Crippen molar-refractivity contribution in [3.05, 3.63) is 33.7 Å². The highest BCUT2D eigenvalue weighted by atomic mass is 127. The van der Waals surface area contributed by atoms with Crippen LogP contribution < -0.4 is 5.32 Å². The molecule has 2 N–H and O–H groups in total. The molecule has 1 fully saturated rings. The summed E-state index contributed by atoms with van der Waals surface area (Å²) in [6, 6.07) is 1.38. The lowest BCUT2D eigenvalue weighted by molar-refractivity contribution is -0.188. The molecular weight excluding hydrogens is 455 g/mol. The minimum absolute atomic E-state index is 0.133. The number of rotatable bonds is 7. The number of ether oxygens (including phenoxy) is 2. The number of carbonyl (C=O) groups is 1.